The van der Waals surface area contributed by atoms with Gasteiger partial charge in [0.15, 0.2) is 6.29 Å². The highest BCUT2D eigenvalue weighted by Crippen LogP contribution is 2.07. The number of aldehydes is 1. The summed E-state index contributed by atoms with van der Waals surface area (Å²) in [6.07, 6.45) is 5.07. The highest BCUT2D eigenvalue weighted by Gasteiger charge is 2.01. The number of carbonyl (C=O) groups is 1. The van der Waals surface area contributed by atoms with Gasteiger partial charge >= 0.3 is 0 Å². The summed E-state index contributed by atoms with van der Waals surface area (Å²) in [5, 5.41) is 3.57. The standard InChI is InChI=1S/C9H13NO2/c1-2-3-4-5-9-6-8(7-11)10-12-9/h6-7H,2-5H2,1H3. The minimum atomic E-state index is 0.390. The number of aromatic nitrogens is 1. The van der Waals surface area contributed by atoms with Crippen molar-refractivity contribution in [2.24, 2.45) is 0 Å². The van der Waals surface area contributed by atoms with E-state index in [1.54, 1.807) is 6.07 Å². The molecule has 1 aromatic heterocycles. The van der Waals surface area contributed by atoms with E-state index in [9.17, 15) is 4.79 Å². The first kappa shape index (κ1) is 8.97. The first-order chi connectivity index (χ1) is 5.86. The lowest BCUT2D eigenvalue weighted by Crippen LogP contribution is -1.81. The van der Waals surface area contributed by atoms with Gasteiger partial charge in [-0.3, -0.25) is 4.79 Å². The Hall–Kier alpha value is -1.12. The molecule has 0 bridgehead atoms. The minimum absolute atomic E-state index is 0.390. The zero-order valence-electron chi connectivity index (χ0n) is 7.25. The molecule has 0 aliphatic heterocycles. The molecule has 0 N–H and O–H groups in total. The third kappa shape index (κ3) is 2.49. The number of hydrogen-bond donors (Lipinski definition) is 0. The minimum Gasteiger partial charge on any atom is -0.361 e. The summed E-state index contributed by atoms with van der Waals surface area (Å²) in [4.78, 5) is 10.2. The molecular formula is C9H13NO2. The Bertz CT molecular complexity index is 242. The summed E-state index contributed by atoms with van der Waals surface area (Å²) >= 11 is 0. The average molecular weight is 167 g/mol. The maximum Gasteiger partial charge on any atom is 0.171 e. The van der Waals surface area contributed by atoms with Crippen LogP contribution in [0.15, 0.2) is 10.6 Å². The number of rotatable bonds is 5. The highest BCUT2D eigenvalue weighted by atomic mass is 16.5. The second kappa shape index (κ2) is 4.70. The molecule has 0 aromatic carbocycles. The van der Waals surface area contributed by atoms with Crippen LogP contribution < -0.4 is 0 Å². The highest BCUT2D eigenvalue weighted by molar-refractivity contribution is 5.71. The molecule has 0 atom stereocenters. The van der Waals surface area contributed by atoms with E-state index in [1.807, 2.05) is 0 Å². The van der Waals surface area contributed by atoms with Gasteiger partial charge in [0.25, 0.3) is 0 Å². The molecule has 0 unspecified atom stereocenters. The zero-order valence-corrected chi connectivity index (χ0v) is 7.25. The number of carbonyl (C=O) groups excluding carboxylic acids is 1. The van der Waals surface area contributed by atoms with E-state index < -0.39 is 0 Å². The van der Waals surface area contributed by atoms with E-state index in [2.05, 4.69) is 12.1 Å². The maximum atomic E-state index is 10.2. The second-order valence-electron chi connectivity index (χ2n) is 2.79. The van der Waals surface area contributed by atoms with Crippen molar-refractivity contribution >= 4 is 6.29 Å². The van der Waals surface area contributed by atoms with Crippen molar-refractivity contribution < 1.29 is 9.32 Å². The molecule has 0 spiro atoms. The van der Waals surface area contributed by atoms with Crippen molar-refractivity contribution in [3.05, 3.63) is 17.5 Å². The molecule has 0 saturated carbocycles. The molecule has 12 heavy (non-hydrogen) atoms. The molecule has 0 radical (unpaired) electrons. The van der Waals surface area contributed by atoms with Crippen molar-refractivity contribution in [1.29, 1.82) is 0 Å². The van der Waals surface area contributed by atoms with Gasteiger partial charge in [-0.1, -0.05) is 24.9 Å². The van der Waals surface area contributed by atoms with Gasteiger partial charge in [0.05, 0.1) is 0 Å². The fourth-order valence-corrected chi connectivity index (χ4v) is 1.05. The number of aryl methyl sites for hydroxylation is 1. The fourth-order valence-electron chi connectivity index (χ4n) is 1.05. The summed E-state index contributed by atoms with van der Waals surface area (Å²) in [6.45, 7) is 2.15. The third-order valence-electron chi connectivity index (χ3n) is 1.72. The second-order valence-corrected chi connectivity index (χ2v) is 2.79. The van der Waals surface area contributed by atoms with Gasteiger partial charge in [0, 0.05) is 12.5 Å². The molecule has 0 amide bonds. The molecule has 1 rings (SSSR count). The smallest absolute Gasteiger partial charge is 0.171 e. The van der Waals surface area contributed by atoms with Gasteiger partial charge in [0.1, 0.15) is 11.5 Å². The Labute approximate surface area is 71.7 Å². The Morgan fingerprint density at radius 3 is 3.00 bits per heavy atom. The molecule has 0 fully saturated rings. The van der Waals surface area contributed by atoms with Crippen LogP contribution in [0, 0.1) is 0 Å². The topological polar surface area (TPSA) is 43.1 Å². The lowest BCUT2D eigenvalue weighted by Gasteiger charge is -1.91. The molecule has 0 aliphatic rings. The Morgan fingerprint density at radius 2 is 2.42 bits per heavy atom. The van der Waals surface area contributed by atoms with Crippen LogP contribution >= 0.6 is 0 Å². The van der Waals surface area contributed by atoms with Gasteiger partial charge < -0.3 is 4.52 Å². The molecule has 0 saturated heterocycles. The summed E-state index contributed by atoms with van der Waals surface area (Å²) in [5.74, 6) is 0.811. The predicted octanol–water partition coefficient (Wildman–Crippen LogP) is 2.22. The Balaban J connectivity index is 2.36. The van der Waals surface area contributed by atoms with Crippen molar-refractivity contribution in [3.8, 4) is 0 Å². The van der Waals surface area contributed by atoms with Crippen LogP contribution in [0.1, 0.15) is 42.4 Å². The fraction of sp³-hybridized carbons (Fsp3) is 0.556. The monoisotopic (exact) mass is 167 g/mol. The van der Waals surface area contributed by atoms with Gasteiger partial charge in [-0.25, -0.2) is 0 Å². The van der Waals surface area contributed by atoms with Crippen molar-refractivity contribution in [1.82, 2.24) is 5.16 Å². The van der Waals surface area contributed by atoms with Crippen LogP contribution in [0.2, 0.25) is 0 Å². The SMILES string of the molecule is CCCCCc1cc(C=O)no1. The van der Waals surface area contributed by atoms with Crippen LogP contribution in [-0.4, -0.2) is 11.4 Å². The molecular weight excluding hydrogens is 154 g/mol. The van der Waals surface area contributed by atoms with Gasteiger partial charge in [0.2, 0.25) is 0 Å². The van der Waals surface area contributed by atoms with Crippen LogP contribution in [-0.2, 0) is 6.42 Å². The lowest BCUT2D eigenvalue weighted by molar-refractivity contribution is 0.111. The molecule has 3 heteroatoms. The lowest BCUT2D eigenvalue weighted by atomic mass is 10.2. The quantitative estimate of drug-likeness (QED) is 0.499. The van der Waals surface area contributed by atoms with Crippen molar-refractivity contribution in [3.63, 3.8) is 0 Å². The summed E-state index contributed by atoms with van der Waals surface area (Å²) in [5.41, 5.74) is 0.390. The van der Waals surface area contributed by atoms with E-state index in [0.717, 1.165) is 18.6 Å². The maximum absolute atomic E-state index is 10.2. The first-order valence-electron chi connectivity index (χ1n) is 4.27. The Morgan fingerprint density at radius 1 is 1.58 bits per heavy atom. The molecule has 66 valence electrons. The number of unbranched alkanes of at least 4 members (excludes halogenated alkanes) is 2. The summed E-state index contributed by atoms with van der Waals surface area (Å²) in [7, 11) is 0. The van der Waals surface area contributed by atoms with Gasteiger partial charge in [-0.15, -0.1) is 0 Å². The van der Waals surface area contributed by atoms with E-state index in [0.29, 0.717) is 12.0 Å². The summed E-state index contributed by atoms with van der Waals surface area (Å²) < 4.78 is 4.92. The molecule has 1 aromatic rings. The number of nitrogens with zero attached hydrogens (tertiary/aromatic N) is 1. The van der Waals surface area contributed by atoms with E-state index in [-0.39, 0.29) is 0 Å². The predicted molar refractivity (Wildman–Crippen MR) is 45.1 cm³/mol. The van der Waals surface area contributed by atoms with Crippen molar-refractivity contribution in [2.45, 2.75) is 32.6 Å². The van der Waals surface area contributed by atoms with Crippen LogP contribution in [0.3, 0.4) is 0 Å². The summed E-state index contributed by atoms with van der Waals surface area (Å²) in [6, 6.07) is 1.70. The van der Waals surface area contributed by atoms with Gasteiger partial charge in [-0.2, -0.15) is 0 Å². The first-order valence-corrected chi connectivity index (χ1v) is 4.27. The zero-order chi connectivity index (χ0) is 8.81. The van der Waals surface area contributed by atoms with Crippen LogP contribution in [0.25, 0.3) is 0 Å². The molecule has 0 aliphatic carbocycles. The van der Waals surface area contributed by atoms with E-state index >= 15 is 0 Å². The van der Waals surface area contributed by atoms with Crippen LogP contribution in [0.4, 0.5) is 0 Å². The molecule has 3 nitrogen and oxygen atoms in total. The number of hydrogen-bond acceptors (Lipinski definition) is 3. The van der Waals surface area contributed by atoms with Crippen molar-refractivity contribution in [2.75, 3.05) is 0 Å². The Kier molecular flexibility index (Phi) is 3.51. The van der Waals surface area contributed by atoms with E-state index in [1.165, 1.54) is 12.8 Å². The normalized spacial score (nSPS) is 10.1. The largest absolute Gasteiger partial charge is 0.361 e. The molecule has 1 heterocycles. The average Bonchev–Trinajstić information content (AvgIpc) is 2.53. The van der Waals surface area contributed by atoms with E-state index in [4.69, 9.17) is 4.52 Å². The van der Waals surface area contributed by atoms with Crippen LogP contribution in [0.5, 0.6) is 0 Å². The third-order valence-corrected chi connectivity index (χ3v) is 1.72. The van der Waals surface area contributed by atoms with Gasteiger partial charge in [-0.05, 0) is 6.42 Å².